The molecule has 1 aromatic heterocycles. The number of carbonyl (C=O) groups is 1. The third-order valence-electron chi connectivity index (χ3n) is 5.54. The Morgan fingerprint density at radius 2 is 1.72 bits per heavy atom. The zero-order valence-electron chi connectivity index (χ0n) is 16.0. The SMILES string of the molecule is O=C(c1cccc2ccccc12)N1CCCCC1c1nc(-c2ccccc2)no1. The lowest BCUT2D eigenvalue weighted by Crippen LogP contribution is -2.38. The van der Waals surface area contributed by atoms with Gasteiger partial charge in [-0.15, -0.1) is 0 Å². The van der Waals surface area contributed by atoms with Crippen LogP contribution in [-0.4, -0.2) is 27.5 Å². The molecule has 0 N–H and O–H groups in total. The van der Waals surface area contributed by atoms with Gasteiger partial charge < -0.3 is 9.42 Å². The smallest absolute Gasteiger partial charge is 0.255 e. The Morgan fingerprint density at radius 1 is 0.931 bits per heavy atom. The van der Waals surface area contributed by atoms with Gasteiger partial charge in [-0.25, -0.2) is 0 Å². The average molecular weight is 383 g/mol. The number of fused-ring (bicyclic) bond motifs is 1. The molecule has 3 aromatic carbocycles. The Bertz CT molecular complexity index is 1150. The molecule has 1 atom stereocenters. The number of rotatable bonds is 3. The van der Waals surface area contributed by atoms with Crippen LogP contribution in [0.3, 0.4) is 0 Å². The molecule has 0 aliphatic carbocycles. The van der Waals surface area contributed by atoms with Gasteiger partial charge in [0.25, 0.3) is 5.91 Å². The molecule has 0 spiro atoms. The van der Waals surface area contributed by atoms with Crippen molar-refractivity contribution in [1.82, 2.24) is 15.0 Å². The number of hydrogen-bond donors (Lipinski definition) is 0. The highest BCUT2D eigenvalue weighted by Crippen LogP contribution is 2.33. The minimum Gasteiger partial charge on any atom is -0.337 e. The first-order chi connectivity index (χ1) is 14.3. The van der Waals surface area contributed by atoms with Crippen LogP contribution in [-0.2, 0) is 0 Å². The quantitative estimate of drug-likeness (QED) is 0.484. The van der Waals surface area contributed by atoms with Crippen molar-refractivity contribution in [1.29, 1.82) is 0 Å². The summed E-state index contributed by atoms with van der Waals surface area (Å²) in [6.07, 6.45) is 2.84. The van der Waals surface area contributed by atoms with E-state index in [1.54, 1.807) is 0 Å². The van der Waals surface area contributed by atoms with E-state index in [1.807, 2.05) is 77.7 Å². The van der Waals surface area contributed by atoms with Crippen molar-refractivity contribution in [3.05, 3.63) is 84.3 Å². The summed E-state index contributed by atoms with van der Waals surface area (Å²) in [4.78, 5) is 20.0. The molecule has 0 saturated carbocycles. The number of hydrogen-bond acceptors (Lipinski definition) is 4. The largest absolute Gasteiger partial charge is 0.337 e. The Kier molecular flexibility index (Phi) is 4.56. The number of carbonyl (C=O) groups excluding carboxylic acids is 1. The average Bonchev–Trinajstić information content (AvgIpc) is 3.29. The van der Waals surface area contributed by atoms with Crippen molar-refractivity contribution in [3.8, 4) is 11.4 Å². The molecule has 1 amide bonds. The van der Waals surface area contributed by atoms with Crippen LogP contribution in [0.5, 0.6) is 0 Å². The molecule has 5 rings (SSSR count). The molecule has 1 unspecified atom stereocenters. The fourth-order valence-corrected chi connectivity index (χ4v) is 4.07. The zero-order valence-corrected chi connectivity index (χ0v) is 16.0. The summed E-state index contributed by atoms with van der Waals surface area (Å²) in [6.45, 7) is 0.690. The lowest BCUT2D eigenvalue weighted by atomic mass is 9.98. The first kappa shape index (κ1) is 17.6. The van der Waals surface area contributed by atoms with Crippen LogP contribution in [0.4, 0.5) is 0 Å². The highest BCUT2D eigenvalue weighted by molar-refractivity contribution is 6.07. The van der Waals surface area contributed by atoms with E-state index in [0.717, 1.165) is 41.2 Å². The second-order valence-electron chi connectivity index (χ2n) is 7.36. The Hall–Kier alpha value is -3.47. The summed E-state index contributed by atoms with van der Waals surface area (Å²) in [6, 6.07) is 23.4. The molecule has 5 heteroatoms. The lowest BCUT2D eigenvalue weighted by molar-refractivity contribution is 0.0563. The van der Waals surface area contributed by atoms with Crippen LogP contribution in [0, 0.1) is 0 Å². The van der Waals surface area contributed by atoms with Crippen LogP contribution >= 0.6 is 0 Å². The number of amides is 1. The van der Waals surface area contributed by atoms with Crippen molar-refractivity contribution >= 4 is 16.7 Å². The van der Waals surface area contributed by atoms with E-state index in [9.17, 15) is 4.79 Å². The summed E-state index contributed by atoms with van der Waals surface area (Å²) in [7, 11) is 0. The number of benzene rings is 3. The molecule has 1 fully saturated rings. The maximum absolute atomic E-state index is 13.5. The van der Waals surface area contributed by atoms with Gasteiger partial charge in [0.15, 0.2) is 0 Å². The van der Waals surface area contributed by atoms with Gasteiger partial charge in [0.2, 0.25) is 11.7 Å². The number of piperidine rings is 1. The topological polar surface area (TPSA) is 59.2 Å². The van der Waals surface area contributed by atoms with E-state index in [1.165, 1.54) is 0 Å². The van der Waals surface area contributed by atoms with Gasteiger partial charge in [0.1, 0.15) is 6.04 Å². The van der Waals surface area contributed by atoms with Crippen LogP contribution in [0.2, 0.25) is 0 Å². The molecule has 1 aliphatic rings. The van der Waals surface area contributed by atoms with E-state index in [4.69, 9.17) is 4.52 Å². The predicted octanol–water partition coefficient (Wildman–Crippen LogP) is 5.26. The van der Waals surface area contributed by atoms with Gasteiger partial charge in [-0.2, -0.15) is 4.98 Å². The monoisotopic (exact) mass is 383 g/mol. The Balaban J connectivity index is 1.49. The van der Waals surface area contributed by atoms with E-state index in [-0.39, 0.29) is 11.9 Å². The third kappa shape index (κ3) is 3.29. The van der Waals surface area contributed by atoms with Crippen LogP contribution < -0.4 is 0 Å². The Labute approximate surface area is 169 Å². The van der Waals surface area contributed by atoms with Crippen LogP contribution in [0.25, 0.3) is 22.2 Å². The van der Waals surface area contributed by atoms with Gasteiger partial charge in [-0.1, -0.05) is 71.9 Å². The molecule has 0 radical (unpaired) electrons. The van der Waals surface area contributed by atoms with Gasteiger partial charge in [-0.3, -0.25) is 4.79 Å². The maximum Gasteiger partial charge on any atom is 0.255 e. The standard InChI is InChI=1S/C24H21N3O2/c28-24(20-14-8-12-17-9-4-5-13-19(17)20)27-16-7-6-15-21(27)23-25-22(26-29-23)18-10-2-1-3-11-18/h1-5,8-14,21H,6-7,15-16H2. The predicted molar refractivity (Wildman–Crippen MR) is 111 cm³/mol. The van der Waals surface area contributed by atoms with Crippen LogP contribution in [0.1, 0.15) is 41.6 Å². The zero-order chi connectivity index (χ0) is 19.6. The summed E-state index contributed by atoms with van der Waals surface area (Å²) < 4.78 is 5.61. The summed E-state index contributed by atoms with van der Waals surface area (Å²) >= 11 is 0. The third-order valence-corrected chi connectivity index (χ3v) is 5.54. The summed E-state index contributed by atoms with van der Waals surface area (Å²) in [5.41, 5.74) is 1.63. The molecule has 2 heterocycles. The van der Waals surface area contributed by atoms with Gasteiger partial charge >= 0.3 is 0 Å². The first-order valence-corrected chi connectivity index (χ1v) is 9.99. The van der Waals surface area contributed by atoms with E-state index in [0.29, 0.717) is 18.3 Å². The molecule has 1 saturated heterocycles. The minimum atomic E-state index is -0.194. The molecule has 1 aliphatic heterocycles. The van der Waals surface area contributed by atoms with Gasteiger partial charge in [0, 0.05) is 17.7 Å². The van der Waals surface area contributed by atoms with E-state index < -0.39 is 0 Å². The summed E-state index contributed by atoms with van der Waals surface area (Å²) in [5.74, 6) is 1.09. The van der Waals surface area contributed by atoms with Crippen molar-refractivity contribution in [3.63, 3.8) is 0 Å². The van der Waals surface area contributed by atoms with Crippen molar-refractivity contribution in [2.75, 3.05) is 6.54 Å². The molecule has 5 nitrogen and oxygen atoms in total. The van der Waals surface area contributed by atoms with E-state index in [2.05, 4.69) is 10.1 Å². The second-order valence-corrected chi connectivity index (χ2v) is 7.36. The highest BCUT2D eigenvalue weighted by Gasteiger charge is 2.33. The normalized spacial score (nSPS) is 16.8. The number of aromatic nitrogens is 2. The summed E-state index contributed by atoms with van der Waals surface area (Å²) in [5, 5.41) is 6.19. The molecule has 144 valence electrons. The number of likely N-dealkylation sites (tertiary alicyclic amines) is 1. The fourth-order valence-electron chi connectivity index (χ4n) is 4.07. The Morgan fingerprint density at radius 3 is 2.62 bits per heavy atom. The molecule has 4 aromatic rings. The maximum atomic E-state index is 13.5. The molecule has 29 heavy (non-hydrogen) atoms. The van der Waals surface area contributed by atoms with Crippen molar-refractivity contribution < 1.29 is 9.32 Å². The van der Waals surface area contributed by atoms with Gasteiger partial charge in [-0.05, 0) is 36.1 Å². The first-order valence-electron chi connectivity index (χ1n) is 9.99. The second kappa shape index (κ2) is 7.51. The highest BCUT2D eigenvalue weighted by atomic mass is 16.5. The van der Waals surface area contributed by atoms with E-state index >= 15 is 0 Å². The lowest BCUT2D eigenvalue weighted by Gasteiger charge is -2.33. The van der Waals surface area contributed by atoms with Crippen molar-refractivity contribution in [2.24, 2.45) is 0 Å². The molecular weight excluding hydrogens is 362 g/mol. The molecular formula is C24H21N3O2. The number of nitrogens with zero attached hydrogens (tertiary/aromatic N) is 3. The van der Waals surface area contributed by atoms with Gasteiger partial charge in [0.05, 0.1) is 0 Å². The van der Waals surface area contributed by atoms with Crippen molar-refractivity contribution in [2.45, 2.75) is 25.3 Å². The minimum absolute atomic E-state index is 0.0194. The fraction of sp³-hybridized carbons (Fsp3) is 0.208. The molecule has 0 bridgehead atoms. The van der Waals surface area contributed by atoms with Crippen LogP contribution in [0.15, 0.2) is 77.3 Å².